The van der Waals surface area contributed by atoms with Crippen molar-refractivity contribution in [1.82, 2.24) is 0 Å². The van der Waals surface area contributed by atoms with Crippen LogP contribution in [0.25, 0.3) is 0 Å². The van der Waals surface area contributed by atoms with Crippen molar-refractivity contribution in [1.29, 1.82) is 0 Å². The van der Waals surface area contributed by atoms with E-state index >= 15 is 0 Å². The molecule has 0 radical (unpaired) electrons. The lowest BCUT2D eigenvalue weighted by Crippen LogP contribution is -2.30. The summed E-state index contributed by atoms with van der Waals surface area (Å²) in [4.78, 5) is 37.9. The van der Waals surface area contributed by atoms with Gasteiger partial charge in [-0.15, -0.1) is 0 Å². The van der Waals surface area contributed by atoms with Gasteiger partial charge >= 0.3 is 17.9 Å². The Morgan fingerprint density at radius 2 is 0.569 bits per heavy atom. The Hall–Kier alpha value is -1.59. The molecule has 344 valence electrons. The summed E-state index contributed by atoms with van der Waals surface area (Å²) >= 11 is 0. The van der Waals surface area contributed by atoms with E-state index in [1.165, 1.54) is 173 Å². The van der Waals surface area contributed by atoms with Gasteiger partial charge in [0.25, 0.3) is 0 Å². The molecule has 0 aliphatic rings. The molecular weight excluding hydrogens is 721 g/mol. The van der Waals surface area contributed by atoms with E-state index in [0.717, 1.165) is 69.6 Å². The highest BCUT2D eigenvalue weighted by molar-refractivity contribution is 5.71. The lowest BCUT2D eigenvalue weighted by atomic mass is 10.0. The van der Waals surface area contributed by atoms with Crippen molar-refractivity contribution in [3.63, 3.8) is 0 Å². The molecule has 0 rings (SSSR count). The van der Waals surface area contributed by atoms with E-state index in [4.69, 9.17) is 14.2 Å². The molecule has 0 heterocycles. The van der Waals surface area contributed by atoms with E-state index in [1.807, 2.05) is 0 Å². The Kier molecular flexibility index (Phi) is 43.7. The molecular formula is C52H100O6. The highest BCUT2D eigenvalue weighted by Crippen LogP contribution is 2.17. The van der Waals surface area contributed by atoms with Crippen molar-refractivity contribution in [2.45, 2.75) is 291 Å². The van der Waals surface area contributed by atoms with Gasteiger partial charge in [0, 0.05) is 19.3 Å². The van der Waals surface area contributed by atoms with Crippen LogP contribution in [0.4, 0.5) is 0 Å². The Balaban J connectivity index is 4.29. The van der Waals surface area contributed by atoms with Crippen LogP contribution in [0.5, 0.6) is 0 Å². The zero-order chi connectivity index (χ0) is 42.6. The smallest absolute Gasteiger partial charge is 0.306 e. The second kappa shape index (κ2) is 44.9. The van der Waals surface area contributed by atoms with Crippen LogP contribution >= 0.6 is 0 Å². The monoisotopic (exact) mass is 821 g/mol. The number of ether oxygens (including phenoxy) is 3. The lowest BCUT2D eigenvalue weighted by molar-refractivity contribution is -0.167. The predicted octanol–water partition coefficient (Wildman–Crippen LogP) is 16.5. The van der Waals surface area contributed by atoms with Gasteiger partial charge in [0.2, 0.25) is 0 Å². The zero-order valence-corrected chi connectivity index (χ0v) is 39.7. The third-order valence-electron chi connectivity index (χ3n) is 11.7. The molecule has 1 atom stereocenters. The topological polar surface area (TPSA) is 78.9 Å². The molecule has 0 amide bonds. The minimum atomic E-state index is -0.761. The van der Waals surface area contributed by atoms with E-state index in [1.54, 1.807) is 0 Å². The molecule has 0 spiro atoms. The highest BCUT2D eigenvalue weighted by atomic mass is 16.6. The first-order valence-corrected chi connectivity index (χ1v) is 25.7. The molecule has 0 aliphatic heterocycles. The number of carbonyl (C=O) groups is 3. The van der Waals surface area contributed by atoms with Crippen LogP contribution in [-0.4, -0.2) is 37.2 Å². The fourth-order valence-corrected chi connectivity index (χ4v) is 7.81. The Morgan fingerprint density at radius 3 is 0.845 bits per heavy atom. The molecule has 6 nitrogen and oxygen atoms in total. The standard InChI is InChI=1S/C52H100O6/c1-6-7-8-9-10-11-12-18-21-27-32-37-42-50(53)56-45-49(46-57-51(54)43-38-33-28-24-23-26-31-36-41-48(4)5)58-52(55)44-39-34-29-22-19-16-14-13-15-17-20-25-30-35-40-47(2)3/h47-49H,6-46H2,1-5H3/t49-/m0/s1. The largest absolute Gasteiger partial charge is 0.462 e. The quantitative estimate of drug-likeness (QED) is 0.0346. The van der Waals surface area contributed by atoms with Gasteiger partial charge in [-0.3, -0.25) is 14.4 Å². The molecule has 0 aliphatic carbocycles. The van der Waals surface area contributed by atoms with Crippen molar-refractivity contribution < 1.29 is 28.6 Å². The van der Waals surface area contributed by atoms with E-state index in [9.17, 15) is 14.4 Å². The summed E-state index contributed by atoms with van der Waals surface area (Å²) in [5, 5.41) is 0. The minimum absolute atomic E-state index is 0.0639. The highest BCUT2D eigenvalue weighted by Gasteiger charge is 2.19. The zero-order valence-electron chi connectivity index (χ0n) is 39.7. The summed E-state index contributed by atoms with van der Waals surface area (Å²) < 4.78 is 16.8. The molecule has 6 heteroatoms. The van der Waals surface area contributed by atoms with Crippen molar-refractivity contribution in [3.05, 3.63) is 0 Å². The molecule has 0 aromatic rings. The van der Waals surface area contributed by atoms with Crippen LogP contribution in [0.3, 0.4) is 0 Å². The maximum Gasteiger partial charge on any atom is 0.306 e. The number of hydrogen-bond acceptors (Lipinski definition) is 6. The summed E-state index contributed by atoms with van der Waals surface area (Å²) in [7, 11) is 0. The van der Waals surface area contributed by atoms with Crippen molar-refractivity contribution in [3.8, 4) is 0 Å². The second-order valence-corrected chi connectivity index (χ2v) is 18.8. The van der Waals surface area contributed by atoms with Crippen LogP contribution < -0.4 is 0 Å². The number of carbonyl (C=O) groups excluding carboxylic acids is 3. The number of unbranched alkanes of at least 4 members (excludes halogenated alkanes) is 31. The first-order chi connectivity index (χ1) is 28.2. The van der Waals surface area contributed by atoms with Crippen LogP contribution in [0.1, 0.15) is 285 Å². The average Bonchev–Trinajstić information content (AvgIpc) is 3.19. The average molecular weight is 821 g/mol. The maximum absolute atomic E-state index is 12.8. The molecule has 0 unspecified atom stereocenters. The van der Waals surface area contributed by atoms with Gasteiger partial charge in [-0.25, -0.2) is 0 Å². The van der Waals surface area contributed by atoms with Crippen molar-refractivity contribution in [2.24, 2.45) is 11.8 Å². The molecule has 0 fully saturated rings. The number of rotatable bonds is 46. The maximum atomic E-state index is 12.8. The fourth-order valence-electron chi connectivity index (χ4n) is 7.81. The minimum Gasteiger partial charge on any atom is -0.462 e. The summed E-state index contributed by atoms with van der Waals surface area (Å²) in [5.74, 6) is 0.790. The van der Waals surface area contributed by atoms with Gasteiger partial charge in [0.1, 0.15) is 13.2 Å². The second-order valence-electron chi connectivity index (χ2n) is 18.8. The van der Waals surface area contributed by atoms with Crippen LogP contribution in [0.2, 0.25) is 0 Å². The molecule has 0 aromatic heterocycles. The summed E-state index contributed by atoms with van der Waals surface area (Å²) in [6.45, 7) is 11.3. The van der Waals surface area contributed by atoms with Gasteiger partial charge in [-0.1, -0.05) is 247 Å². The third-order valence-corrected chi connectivity index (χ3v) is 11.7. The van der Waals surface area contributed by atoms with Gasteiger partial charge < -0.3 is 14.2 Å². The summed E-state index contributed by atoms with van der Waals surface area (Å²) in [6, 6.07) is 0. The third kappa shape index (κ3) is 45.5. The van der Waals surface area contributed by atoms with Gasteiger partial charge in [0.05, 0.1) is 0 Å². The van der Waals surface area contributed by atoms with Gasteiger partial charge in [-0.05, 0) is 31.1 Å². The molecule has 0 aromatic carbocycles. The van der Waals surface area contributed by atoms with Crippen LogP contribution in [0, 0.1) is 11.8 Å². The lowest BCUT2D eigenvalue weighted by Gasteiger charge is -2.18. The number of hydrogen-bond donors (Lipinski definition) is 0. The molecule has 0 bridgehead atoms. The van der Waals surface area contributed by atoms with Crippen molar-refractivity contribution in [2.75, 3.05) is 13.2 Å². The number of esters is 3. The predicted molar refractivity (Wildman–Crippen MR) is 247 cm³/mol. The van der Waals surface area contributed by atoms with E-state index in [2.05, 4.69) is 34.6 Å². The van der Waals surface area contributed by atoms with Crippen LogP contribution in [0.15, 0.2) is 0 Å². The molecule has 0 saturated carbocycles. The summed E-state index contributed by atoms with van der Waals surface area (Å²) in [5.41, 5.74) is 0. The van der Waals surface area contributed by atoms with Crippen LogP contribution in [-0.2, 0) is 28.6 Å². The Morgan fingerprint density at radius 1 is 0.328 bits per heavy atom. The van der Waals surface area contributed by atoms with E-state index in [-0.39, 0.29) is 31.1 Å². The Labute approximate surface area is 361 Å². The molecule has 0 saturated heterocycles. The van der Waals surface area contributed by atoms with E-state index in [0.29, 0.717) is 19.3 Å². The molecule has 0 N–H and O–H groups in total. The normalized spacial score (nSPS) is 12.1. The summed E-state index contributed by atoms with van der Waals surface area (Å²) in [6.07, 6.45) is 45.2. The molecule has 58 heavy (non-hydrogen) atoms. The van der Waals surface area contributed by atoms with E-state index < -0.39 is 6.10 Å². The first-order valence-electron chi connectivity index (χ1n) is 25.7. The SMILES string of the molecule is CCCCCCCCCCCCCCC(=O)OC[C@@H](COC(=O)CCCCCCCCCCC(C)C)OC(=O)CCCCCCCCCCCCCCCCC(C)C. The van der Waals surface area contributed by atoms with Gasteiger partial charge in [-0.2, -0.15) is 0 Å². The Bertz CT molecular complexity index is 885. The van der Waals surface area contributed by atoms with Gasteiger partial charge in [0.15, 0.2) is 6.10 Å². The fraction of sp³-hybridized carbons (Fsp3) is 0.942. The first kappa shape index (κ1) is 56.4. The van der Waals surface area contributed by atoms with Crippen molar-refractivity contribution >= 4 is 17.9 Å².